The third-order valence-electron chi connectivity index (χ3n) is 4.55. The highest BCUT2D eigenvalue weighted by Crippen LogP contribution is 2.20. The fourth-order valence-electron chi connectivity index (χ4n) is 3.10. The van der Waals surface area contributed by atoms with Crippen LogP contribution in [0.25, 0.3) is 0 Å². The molecule has 144 valence electrons. The van der Waals surface area contributed by atoms with Crippen molar-refractivity contribution in [2.45, 2.75) is 6.92 Å². The first-order chi connectivity index (χ1) is 12.8. The minimum absolute atomic E-state index is 0.358. The summed E-state index contributed by atoms with van der Waals surface area (Å²) >= 11 is 0. The van der Waals surface area contributed by atoms with Crippen LogP contribution in [-0.2, 0) is 14.8 Å². The standard InChI is InChI=1S/C19H24N4O3S/c1-15-5-4-6-16(13-15)22-9-11-23(12-10-22)27(25,26)14-19(24)21-18-8-3-2-7-17(18)20/h2-8,13H,9-12,14,20H2,1H3,(H,21,24). The lowest BCUT2D eigenvalue weighted by atomic mass is 10.2. The van der Waals surface area contributed by atoms with Crippen LogP contribution in [0.5, 0.6) is 0 Å². The molecule has 1 saturated heterocycles. The molecular formula is C19H24N4O3S. The molecule has 1 aliphatic rings. The van der Waals surface area contributed by atoms with Crippen LogP contribution in [0.2, 0.25) is 0 Å². The Hall–Kier alpha value is -2.58. The van der Waals surface area contributed by atoms with Crippen molar-refractivity contribution >= 4 is 33.0 Å². The van der Waals surface area contributed by atoms with Crippen molar-refractivity contribution in [2.75, 3.05) is 47.9 Å². The van der Waals surface area contributed by atoms with E-state index in [1.165, 1.54) is 9.87 Å². The van der Waals surface area contributed by atoms with Crippen molar-refractivity contribution in [2.24, 2.45) is 0 Å². The molecule has 0 unspecified atom stereocenters. The van der Waals surface area contributed by atoms with Crippen molar-refractivity contribution < 1.29 is 13.2 Å². The number of rotatable bonds is 5. The van der Waals surface area contributed by atoms with E-state index < -0.39 is 21.7 Å². The summed E-state index contributed by atoms with van der Waals surface area (Å²) in [7, 11) is -3.68. The zero-order valence-corrected chi connectivity index (χ0v) is 16.1. The molecular weight excluding hydrogens is 364 g/mol. The third kappa shape index (κ3) is 4.78. The van der Waals surface area contributed by atoms with Gasteiger partial charge in [-0.1, -0.05) is 24.3 Å². The predicted molar refractivity (Wildman–Crippen MR) is 108 cm³/mol. The van der Waals surface area contributed by atoms with Gasteiger partial charge in [0.25, 0.3) is 0 Å². The molecule has 27 heavy (non-hydrogen) atoms. The van der Waals surface area contributed by atoms with Gasteiger partial charge >= 0.3 is 0 Å². The first-order valence-electron chi connectivity index (χ1n) is 8.79. The monoisotopic (exact) mass is 388 g/mol. The fraction of sp³-hybridized carbons (Fsp3) is 0.316. The molecule has 0 radical (unpaired) electrons. The SMILES string of the molecule is Cc1cccc(N2CCN(S(=O)(=O)CC(=O)Nc3ccccc3N)CC2)c1. The van der Waals surface area contributed by atoms with Gasteiger partial charge < -0.3 is 16.0 Å². The summed E-state index contributed by atoms with van der Waals surface area (Å²) in [5, 5.41) is 2.57. The normalized spacial score (nSPS) is 15.5. The number of anilines is 3. The number of aryl methyl sites for hydroxylation is 1. The minimum atomic E-state index is -3.68. The average molecular weight is 388 g/mol. The number of nitrogens with one attached hydrogen (secondary N) is 1. The number of benzene rings is 2. The second-order valence-electron chi connectivity index (χ2n) is 6.62. The number of nitrogens with zero attached hydrogens (tertiary/aromatic N) is 2. The topological polar surface area (TPSA) is 95.7 Å². The molecule has 1 heterocycles. The first kappa shape index (κ1) is 19.2. The number of para-hydroxylation sites is 2. The van der Waals surface area contributed by atoms with Crippen LogP contribution < -0.4 is 16.0 Å². The maximum atomic E-state index is 12.6. The number of hydrogen-bond donors (Lipinski definition) is 2. The average Bonchev–Trinajstić information content (AvgIpc) is 2.63. The molecule has 2 aromatic carbocycles. The van der Waals surface area contributed by atoms with Crippen LogP contribution in [0.3, 0.4) is 0 Å². The molecule has 1 aliphatic heterocycles. The molecule has 0 saturated carbocycles. The van der Waals surface area contributed by atoms with E-state index in [4.69, 9.17) is 5.73 Å². The zero-order chi connectivity index (χ0) is 19.4. The zero-order valence-electron chi connectivity index (χ0n) is 15.3. The molecule has 1 amide bonds. The highest BCUT2D eigenvalue weighted by atomic mass is 32.2. The maximum Gasteiger partial charge on any atom is 0.241 e. The fourth-order valence-corrected chi connectivity index (χ4v) is 4.41. The molecule has 0 atom stereocenters. The Morgan fingerprint density at radius 1 is 1.07 bits per heavy atom. The third-order valence-corrected chi connectivity index (χ3v) is 6.33. The van der Waals surface area contributed by atoms with E-state index in [-0.39, 0.29) is 0 Å². The van der Waals surface area contributed by atoms with Gasteiger partial charge in [-0.25, -0.2) is 8.42 Å². The summed E-state index contributed by atoms with van der Waals surface area (Å²) in [6, 6.07) is 14.9. The van der Waals surface area contributed by atoms with Gasteiger partial charge in [0.2, 0.25) is 15.9 Å². The predicted octanol–water partition coefficient (Wildman–Crippen LogP) is 1.67. The summed E-state index contributed by atoms with van der Waals surface area (Å²) in [6.45, 7) is 3.93. The molecule has 3 rings (SSSR count). The van der Waals surface area contributed by atoms with Crippen molar-refractivity contribution in [3.63, 3.8) is 0 Å². The summed E-state index contributed by atoms with van der Waals surface area (Å²) in [5.41, 5.74) is 8.85. The number of sulfonamides is 1. The first-order valence-corrected chi connectivity index (χ1v) is 10.4. The van der Waals surface area contributed by atoms with Crippen LogP contribution in [0, 0.1) is 6.92 Å². The van der Waals surface area contributed by atoms with Crippen molar-refractivity contribution in [1.29, 1.82) is 0 Å². The molecule has 1 fully saturated rings. The lowest BCUT2D eigenvalue weighted by Gasteiger charge is -2.35. The van der Waals surface area contributed by atoms with E-state index in [1.807, 2.05) is 25.1 Å². The summed E-state index contributed by atoms with van der Waals surface area (Å²) < 4.78 is 26.5. The van der Waals surface area contributed by atoms with Gasteiger partial charge in [-0.05, 0) is 36.8 Å². The van der Waals surface area contributed by atoms with Gasteiger partial charge in [-0.3, -0.25) is 4.79 Å². The molecule has 0 bridgehead atoms. The number of hydrogen-bond acceptors (Lipinski definition) is 5. The number of piperazine rings is 1. The molecule has 3 N–H and O–H groups in total. The quantitative estimate of drug-likeness (QED) is 0.760. The van der Waals surface area contributed by atoms with Crippen LogP contribution >= 0.6 is 0 Å². The Balaban J connectivity index is 1.58. The van der Waals surface area contributed by atoms with Gasteiger partial charge in [0.1, 0.15) is 5.75 Å². The highest BCUT2D eigenvalue weighted by Gasteiger charge is 2.29. The highest BCUT2D eigenvalue weighted by molar-refractivity contribution is 7.89. The molecule has 8 heteroatoms. The van der Waals surface area contributed by atoms with Gasteiger partial charge in [0.05, 0.1) is 11.4 Å². The van der Waals surface area contributed by atoms with Crippen LogP contribution in [-0.4, -0.2) is 50.6 Å². The number of nitrogen functional groups attached to an aromatic ring is 1. The minimum Gasteiger partial charge on any atom is -0.397 e. The van der Waals surface area contributed by atoms with Gasteiger partial charge in [-0.2, -0.15) is 4.31 Å². The molecule has 7 nitrogen and oxygen atoms in total. The molecule has 0 aliphatic carbocycles. The van der Waals surface area contributed by atoms with Crippen molar-refractivity contribution in [3.8, 4) is 0 Å². The molecule has 0 spiro atoms. The summed E-state index contributed by atoms with van der Waals surface area (Å²) in [5.74, 6) is -1.18. The van der Waals surface area contributed by atoms with Crippen LogP contribution in [0.4, 0.5) is 17.1 Å². The van der Waals surface area contributed by atoms with E-state index in [0.717, 1.165) is 5.69 Å². The van der Waals surface area contributed by atoms with E-state index in [9.17, 15) is 13.2 Å². The lowest BCUT2D eigenvalue weighted by molar-refractivity contribution is -0.113. The Kier molecular flexibility index (Phi) is 5.67. The van der Waals surface area contributed by atoms with E-state index in [2.05, 4.69) is 16.3 Å². The molecule has 0 aromatic heterocycles. The second kappa shape index (κ2) is 7.98. The summed E-state index contributed by atoms with van der Waals surface area (Å²) in [6.07, 6.45) is 0. The van der Waals surface area contributed by atoms with E-state index in [1.54, 1.807) is 24.3 Å². The number of nitrogens with two attached hydrogens (primary N) is 1. The van der Waals surface area contributed by atoms with Crippen molar-refractivity contribution in [3.05, 3.63) is 54.1 Å². The number of carbonyl (C=O) groups excluding carboxylic acids is 1. The van der Waals surface area contributed by atoms with Gasteiger partial charge in [0, 0.05) is 31.9 Å². The molecule has 2 aromatic rings. The Morgan fingerprint density at radius 3 is 2.44 bits per heavy atom. The Labute approximate surface area is 159 Å². The van der Waals surface area contributed by atoms with E-state index in [0.29, 0.717) is 37.6 Å². The van der Waals surface area contributed by atoms with Crippen molar-refractivity contribution in [1.82, 2.24) is 4.31 Å². The Bertz CT molecular complexity index is 922. The maximum absolute atomic E-state index is 12.6. The van der Waals surface area contributed by atoms with Crippen LogP contribution in [0.1, 0.15) is 5.56 Å². The van der Waals surface area contributed by atoms with E-state index >= 15 is 0 Å². The van der Waals surface area contributed by atoms with Gasteiger partial charge in [0.15, 0.2) is 0 Å². The second-order valence-corrected chi connectivity index (χ2v) is 8.59. The lowest BCUT2D eigenvalue weighted by Crippen LogP contribution is -2.50. The summed E-state index contributed by atoms with van der Waals surface area (Å²) in [4.78, 5) is 14.3. The van der Waals surface area contributed by atoms with Crippen LogP contribution in [0.15, 0.2) is 48.5 Å². The van der Waals surface area contributed by atoms with Gasteiger partial charge in [-0.15, -0.1) is 0 Å². The Morgan fingerprint density at radius 2 is 1.78 bits per heavy atom. The number of carbonyl (C=O) groups is 1. The number of amides is 1. The largest absolute Gasteiger partial charge is 0.397 e. The smallest absolute Gasteiger partial charge is 0.241 e.